The fourth-order valence-electron chi connectivity index (χ4n) is 4.35. The van der Waals surface area contributed by atoms with E-state index in [4.69, 9.17) is 4.98 Å². The largest absolute Gasteiger partial charge is 0.372 e. The third-order valence-electron chi connectivity index (χ3n) is 5.78. The van der Waals surface area contributed by atoms with Crippen molar-refractivity contribution < 1.29 is 0 Å². The van der Waals surface area contributed by atoms with Crippen molar-refractivity contribution in [3.63, 3.8) is 0 Å². The molecule has 27 heavy (non-hydrogen) atoms. The average molecular weight is 360 g/mol. The summed E-state index contributed by atoms with van der Waals surface area (Å²) in [6.07, 6.45) is 4.80. The molecule has 0 aliphatic carbocycles. The van der Waals surface area contributed by atoms with Crippen molar-refractivity contribution in [2.75, 3.05) is 29.4 Å². The molecule has 138 valence electrons. The number of nitrogens with zero attached hydrogens (tertiary/aromatic N) is 3. The van der Waals surface area contributed by atoms with Crippen LogP contribution in [0.2, 0.25) is 0 Å². The molecule has 0 amide bonds. The molecular formula is C22H24N4O. The van der Waals surface area contributed by atoms with E-state index in [-0.39, 0.29) is 5.56 Å². The number of H-pyrrole nitrogens is 1. The van der Waals surface area contributed by atoms with Gasteiger partial charge < -0.3 is 14.8 Å². The highest BCUT2D eigenvalue weighted by Crippen LogP contribution is 2.28. The van der Waals surface area contributed by atoms with E-state index in [0.29, 0.717) is 11.9 Å². The maximum Gasteiger partial charge on any atom is 0.258 e. The van der Waals surface area contributed by atoms with Crippen LogP contribution < -0.4 is 15.4 Å². The standard InChI is InChI=1S/C22H24N4O/c27-22-18-14-17(25-11-4-1-5-12-25)8-9-19(18)23-21(24-22)15-26-13-10-16-6-2-3-7-20(16)26/h2-3,6-9,14H,1,4-5,10-13,15H2,(H,23,24,27). The van der Waals surface area contributed by atoms with Crippen LogP contribution in [0.4, 0.5) is 11.4 Å². The Morgan fingerprint density at radius 1 is 1.00 bits per heavy atom. The second-order valence-electron chi connectivity index (χ2n) is 7.56. The third kappa shape index (κ3) is 3.07. The average Bonchev–Trinajstić information content (AvgIpc) is 3.11. The molecule has 0 bridgehead atoms. The number of fused-ring (bicyclic) bond motifs is 2. The fourth-order valence-corrected chi connectivity index (χ4v) is 4.35. The van der Waals surface area contributed by atoms with Crippen LogP contribution in [0.1, 0.15) is 30.7 Å². The first-order valence-corrected chi connectivity index (χ1v) is 9.89. The van der Waals surface area contributed by atoms with Crippen LogP contribution in [0.5, 0.6) is 0 Å². The molecule has 5 rings (SSSR count). The minimum absolute atomic E-state index is 0.0404. The van der Waals surface area contributed by atoms with Gasteiger partial charge in [0.25, 0.3) is 5.56 Å². The molecule has 1 aromatic heterocycles. The first-order valence-electron chi connectivity index (χ1n) is 9.89. The molecule has 1 fully saturated rings. The lowest BCUT2D eigenvalue weighted by molar-refractivity contribution is 0.578. The lowest BCUT2D eigenvalue weighted by Crippen LogP contribution is -2.29. The summed E-state index contributed by atoms with van der Waals surface area (Å²) in [7, 11) is 0. The number of rotatable bonds is 3. The van der Waals surface area contributed by atoms with Crippen LogP contribution in [0.3, 0.4) is 0 Å². The Kier molecular flexibility index (Phi) is 4.07. The second-order valence-corrected chi connectivity index (χ2v) is 7.56. The van der Waals surface area contributed by atoms with E-state index < -0.39 is 0 Å². The molecule has 1 saturated heterocycles. The van der Waals surface area contributed by atoms with Gasteiger partial charge in [-0.05, 0) is 55.5 Å². The summed E-state index contributed by atoms with van der Waals surface area (Å²) in [5.41, 5.74) is 4.49. The van der Waals surface area contributed by atoms with E-state index in [9.17, 15) is 4.79 Å². The Balaban J connectivity index is 1.44. The summed E-state index contributed by atoms with van der Waals surface area (Å²) in [5, 5.41) is 0.684. The molecule has 0 unspecified atom stereocenters. The summed E-state index contributed by atoms with van der Waals surface area (Å²) in [6, 6.07) is 14.6. The van der Waals surface area contributed by atoms with Crippen molar-refractivity contribution in [1.82, 2.24) is 9.97 Å². The van der Waals surface area contributed by atoms with E-state index in [1.54, 1.807) is 0 Å². The number of benzene rings is 2. The molecule has 3 aromatic rings. The van der Waals surface area contributed by atoms with Gasteiger partial charge in [-0.1, -0.05) is 18.2 Å². The number of piperidine rings is 1. The van der Waals surface area contributed by atoms with Gasteiger partial charge in [-0.2, -0.15) is 0 Å². The molecule has 3 heterocycles. The highest BCUT2D eigenvalue weighted by atomic mass is 16.1. The molecule has 5 heteroatoms. The Morgan fingerprint density at radius 3 is 2.74 bits per heavy atom. The van der Waals surface area contributed by atoms with Gasteiger partial charge in [0.1, 0.15) is 5.82 Å². The zero-order chi connectivity index (χ0) is 18.2. The number of hydrogen-bond acceptors (Lipinski definition) is 4. The quantitative estimate of drug-likeness (QED) is 0.777. The van der Waals surface area contributed by atoms with E-state index >= 15 is 0 Å². The second kappa shape index (κ2) is 6.72. The number of aromatic nitrogens is 2. The van der Waals surface area contributed by atoms with E-state index in [1.165, 1.54) is 30.5 Å². The highest BCUT2D eigenvalue weighted by Gasteiger charge is 2.19. The zero-order valence-corrected chi connectivity index (χ0v) is 15.4. The summed E-state index contributed by atoms with van der Waals surface area (Å²) in [6.45, 7) is 3.75. The Hall–Kier alpha value is -2.82. The van der Waals surface area contributed by atoms with Crippen molar-refractivity contribution in [2.45, 2.75) is 32.2 Å². The maximum absolute atomic E-state index is 12.7. The zero-order valence-electron chi connectivity index (χ0n) is 15.4. The number of anilines is 2. The van der Waals surface area contributed by atoms with E-state index in [0.717, 1.165) is 43.1 Å². The first-order chi connectivity index (χ1) is 13.3. The van der Waals surface area contributed by atoms with Gasteiger partial charge in [-0.25, -0.2) is 4.98 Å². The molecule has 2 aliphatic heterocycles. The van der Waals surface area contributed by atoms with Crippen LogP contribution >= 0.6 is 0 Å². The summed E-state index contributed by atoms with van der Waals surface area (Å²) in [5.74, 6) is 0.731. The van der Waals surface area contributed by atoms with Crippen LogP contribution in [0, 0.1) is 0 Å². The van der Waals surface area contributed by atoms with Gasteiger partial charge in [0.05, 0.1) is 17.4 Å². The van der Waals surface area contributed by atoms with Gasteiger partial charge in [0.15, 0.2) is 0 Å². The SMILES string of the molecule is O=c1[nH]c(CN2CCc3ccccc32)nc2ccc(N3CCCCC3)cc12. The predicted molar refractivity (Wildman–Crippen MR) is 110 cm³/mol. The van der Waals surface area contributed by atoms with E-state index in [2.05, 4.69) is 45.1 Å². The van der Waals surface area contributed by atoms with E-state index in [1.807, 2.05) is 12.1 Å². The molecule has 0 spiro atoms. The summed E-state index contributed by atoms with van der Waals surface area (Å²) >= 11 is 0. The van der Waals surface area contributed by atoms with Crippen LogP contribution in [-0.4, -0.2) is 29.6 Å². The molecule has 0 radical (unpaired) electrons. The Bertz CT molecular complexity index is 1040. The first kappa shape index (κ1) is 16.4. The molecule has 1 N–H and O–H groups in total. The fraction of sp³-hybridized carbons (Fsp3) is 0.364. The molecule has 0 saturated carbocycles. The normalized spacial score (nSPS) is 16.7. The monoisotopic (exact) mass is 360 g/mol. The number of nitrogens with one attached hydrogen (secondary N) is 1. The minimum Gasteiger partial charge on any atom is -0.372 e. The predicted octanol–water partition coefficient (Wildman–Crippen LogP) is 3.48. The van der Waals surface area contributed by atoms with Crippen molar-refractivity contribution in [3.8, 4) is 0 Å². The lowest BCUT2D eigenvalue weighted by Gasteiger charge is -2.28. The lowest BCUT2D eigenvalue weighted by atomic mass is 10.1. The van der Waals surface area contributed by atoms with Crippen molar-refractivity contribution in [1.29, 1.82) is 0 Å². The van der Waals surface area contributed by atoms with Crippen LogP contribution in [0.25, 0.3) is 10.9 Å². The minimum atomic E-state index is -0.0404. The van der Waals surface area contributed by atoms with Gasteiger partial charge in [0, 0.05) is 31.0 Å². The Labute approximate surface area is 158 Å². The summed E-state index contributed by atoms with van der Waals surface area (Å²) < 4.78 is 0. The molecule has 5 nitrogen and oxygen atoms in total. The molecule has 2 aliphatic rings. The molecule has 2 aromatic carbocycles. The summed E-state index contributed by atoms with van der Waals surface area (Å²) in [4.78, 5) is 25.1. The van der Waals surface area contributed by atoms with Crippen molar-refractivity contribution in [2.24, 2.45) is 0 Å². The van der Waals surface area contributed by atoms with Crippen molar-refractivity contribution in [3.05, 3.63) is 64.2 Å². The third-order valence-corrected chi connectivity index (χ3v) is 5.78. The van der Waals surface area contributed by atoms with Crippen molar-refractivity contribution >= 4 is 22.3 Å². The molecule has 0 atom stereocenters. The van der Waals surface area contributed by atoms with Gasteiger partial charge in [-0.3, -0.25) is 4.79 Å². The topological polar surface area (TPSA) is 52.2 Å². The molecular weight excluding hydrogens is 336 g/mol. The number of para-hydroxylation sites is 1. The van der Waals surface area contributed by atoms with Gasteiger partial charge in [0.2, 0.25) is 0 Å². The maximum atomic E-state index is 12.7. The Morgan fingerprint density at radius 2 is 1.85 bits per heavy atom. The van der Waals surface area contributed by atoms with Gasteiger partial charge in [-0.15, -0.1) is 0 Å². The van der Waals surface area contributed by atoms with Gasteiger partial charge >= 0.3 is 0 Å². The number of aromatic amines is 1. The smallest absolute Gasteiger partial charge is 0.258 e. The van der Waals surface area contributed by atoms with Crippen LogP contribution in [-0.2, 0) is 13.0 Å². The highest BCUT2D eigenvalue weighted by molar-refractivity contribution is 5.81. The van der Waals surface area contributed by atoms with Crippen LogP contribution in [0.15, 0.2) is 47.3 Å². The number of hydrogen-bond donors (Lipinski definition) is 1.